The number of fused-ring (bicyclic) bond motifs is 1. The molecule has 2 unspecified atom stereocenters. The first-order valence-electron chi connectivity index (χ1n) is 13.0. The van der Waals surface area contributed by atoms with Gasteiger partial charge in [-0.2, -0.15) is 0 Å². The largest absolute Gasteiger partial charge is 0.466 e. The Bertz CT molecular complexity index is 1190. The maximum absolute atomic E-state index is 13.9. The zero-order valence-corrected chi connectivity index (χ0v) is 23.4. The Labute approximate surface area is 227 Å². The van der Waals surface area contributed by atoms with Crippen molar-refractivity contribution in [3.63, 3.8) is 0 Å². The number of amidine groups is 1. The molecule has 1 aromatic rings. The van der Waals surface area contributed by atoms with Crippen LogP contribution in [-0.2, 0) is 19.1 Å². The van der Waals surface area contributed by atoms with Crippen molar-refractivity contribution in [2.75, 3.05) is 26.7 Å². The second kappa shape index (κ2) is 11.7. The number of carbonyl (C=O) groups is 3. The normalized spacial score (nSPS) is 21.2. The molecule has 8 nitrogen and oxygen atoms in total. The van der Waals surface area contributed by atoms with E-state index in [4.69, 9.17) is 9.73 Å². The van der Waals surface area contributed by atoms with Crippen molar-refractivity contribution in [3.8, 4) is 0 Å². The van der Waals surface area contributed by atoms with Gasteiger partial charge in [0.1, 0.15) is 5.82 Å². The van der Waals surface area contributed by atoms with Gasteiger partial charge in [0.2, 0.25) is 5.91 Å². The molecule has 1 fully saturated rings. The molecule has 0 aromatic heterocycles. The summed E-state index contributed by atoms with van der Waals surface area (Å²) in [5.74, 6) is -1.20. The summed E-state index contributed by atoms with van der Waals surface area (Å²) in [6.45, 7) is 8.70. The highest BCUT2D eigenvalue weighted by Crippen LogP contribution is 2.45. The Morgan fingerprint density at radius 2 is 1.95 bits per heavy atom. The summed E-state index contributed by atoms with van der Waals surface area (Å²) in [5, 5.41) is 2.57. The summed E-state index contributed by atoms with van der Waals surface area (Å²) >= 11 is 1.40. The average molecular weight is 543 g/mol. The van der Waals surface area contributed by atoms with Crippen molar-refractivity contribution in [2.24, 2.45) is 10.9 Å². The monoisotopic (exact) mass is 542 g/mol. The average Bonchev–Trinajstić information content (AvgIpc) is 3.29. The Morgan fingerprint density at radius 3 is 2.61 bits per heavy atom. The molecule has 0 N–H and O–H groups in total. The fourth-order valence-corrected chi connectivity index (χ4v) is 5.92. The van der Waals surface area contributed by atoms with E-state index in [0.29, 0.717) is 42.6 Å². The molecule has 0 bridgehead atoms. The van der Waals surface area contributed by atoms with Gasteiger partial charge in [-0.1, -0.05) is 23.9 Å². The second-order valence-electron chi connectivity index (χ2n) is 10.1. The number of esters is 1. The molecule has 3 aliphatic rings. The number of benzene rings is 1. The number of likely N-dealkylation sites (tertiary alicyclic amines) is 1. The molecule has 2 atom stereocenters. The molecule has 0 aliphatic carbocycles. The highest BCUT2D eigenvalue weighted by atomic mass is 32.2. The van der Waals surface area contributed by atoms with E-state index < -0.39 is 6.04 Å². The van der Waals surface area contributed by atoms with Crippen molar-refractivity contribution in [2.45, 2.75) is 59.0 Å². The first kappa shape index (κ1) is 27.9. The van der Waals surface area contributed by atoms with Gasteiger partial charge in [-0.15, -0.1) is 0 Å². The number of likely N-dealkylation sites (N-methyl/N-ethyl adjacent to an activating group) is 1. The molecule has 3 aliphatic heterocycles. The molecule has 4 rings (SSSR count). The number of carbonyl (C=O) groups excluding carboxylic acids is 3. The van der Waals surface area contributed by atoms with Gasteiger partial charge in [0.05, 0.1) is 36.3 Å². The third-order valence-electron chi connectivity index (χ3n) is 7.24. The molecule has 0 saturated carbocycles. The predicted molar refractivity (Wildman–Crippen MR) is 145 cm³/mol. The first-order valence-corrected chi connectivity index (χ1v) is 13.9. The summed E-state index contributed by atoms with van der Waals surface area (Å²) < 4.78 is 19.0. The van der Waals surface area contributed by atoms with Crippen LogP contribution in [0.5, 0.6) is 0 Å². The molecular formula is C28H35FN4O4S. The lowest BCUT2D eigenvalue weighted by Crippen LogP contribution is -2.45. The number of thioether (sulfide) groups is 1. The Kier molecular flexibility index (Phi) is 8.60. The Hall–Kier alpha value is -3.14. The van der Waals surface area contributed by atoms with Crippen LogP contribution in [-0.4, -0.2) is 70.4 Å². The van der Waals surface area contributed by atoms with E-state index in [-0.39, 0.29) is 42.0 Å². The van der Waals surface area contributed by atoms with Crippen LogP contribution < -0.4 is 0 Å². The minimum Gasteiger partial charge on any atom is -0.466 e. The maximum Gasteiger partial charge on any atom is 0.310 e. The quantitative estimate of drug-likeness (QED) is 0.473. The summed E-state index contributed by atoms with van der Waals surface area (Å²) in [7, 11) is 1.75. The summed E-state index contributed by atoms with van der Waals surface area (Å²) in [4.78, 5) is 49.4. The van der Waals surface area contributed by atoms with Crippen molar-refractivity contribution in [1.82, 2.24) is 14.7 Å². The van der Waals surface area contributed by atoms with E-state index in [0.717, 1.165) is 17.7 Å². The van der Waals surface area contributed by atoms with Crippen LogP contribution in [0.15, 0.2) is 51.6 Å². The number of amides is 2. The lowest BCUT2D eigenvalue weighted by molar-refractivity contribution is -0.151. The number of halogens is 1. The fourth-order valence-electron chi connectivity index (χ4n) is 4.95. The molecule has 204 valence electrons. The maximum atomic E-state index is 13.9. The van der Waals surface area contributed by atoms with Gasteiger partial charge in [-0.3, -0.25) is 14.4 Å². The Morgan fingerprint density at radius 1 is 1.24 bits per heavy atom. The highest BCUT2D eigenvalue weighted by molar-refractivity contribution is 8.16. The van der Waals surface area contributed by atoms with E-state index in [9.17, 15) is 18.8 Å². The third kappa shape index (κ3) is 5.65. The number of nitrogens with zero attached hydrogens (tertiary/aromatic N) is 4. The molecule has 1 aromatic carbocycles. The number of piperidine rings is 1. The van der Waals surface area contributed by atoms with Crippen LogP contribution >= 0.6 is 11.8 Å². The SMILES string of the molecule is CCOC(=O)C1CCCN(C(=O)CC2=CSC3=NC(C)=C(C(=O)N(C)C(C)C)C(c4ccc(F)cc4)N23)C1. The van der Waals surface area contributed by atoms with Crippen LogP contribution in [0.2, 0.25) is 0 Å². The third-order valence-corrected chi connectivity index (χ3v) is 8.13. The van der Waals surface area contributed by atoms with Gasteiger partial charge in [0.25, 0.3) is 5.91 Å². The van der Waals surface area contributed by atoms with E-state index >= 15 is 0 Å². The van der Waals surface area contributed by atoms with Crippen LogP contribution in [0.1, 0.15) is 58.6 Å². The molecule has 38 heavy (non-hydrogen) atoms. The predicted octanol–water partition coefficient (Wildman–Crippen LogP) is 4.46. The number of rotatable bonds is 7. The number of aliphatic imine (C=N–C) groups is 1. The summed E-state index contributed by atoms with van der Waals surface area (Å²) in [5.41, 5.74) is 2.55. The van der Waals surface area contributed by atoms with Crippen molar-refractivity contribution in [3.05, 3.63) is 58.0 Å². The lowest BCUT2D eigenvalue weighted by atomic mass is 9.92. The number of ether oxygens (including phenoxy) is 1. The van der Waals surface area contributed by atoms with Crippen molar-refractivity contribution in [1.29, 1.82) is 0 Å². The van der Waals surface area contributed by atoms with Crippen LogP contribution in [0.4, 0.5) is 4.39 Å². The zero-order valence-electron chi connectivity index (χ0n) is 22.6. The number of hydrogen-bond acceptors (Lipinski definition) is 7. The highest BCUT2D eigenvalue weighted by Gasteiger charge is 2.42. The van der Waals surface area contributed by atoms with E-state index in [1.165, 1.54) is 23.9 Å². The number of hydrogen-bond donors (Lipinski definition) is 0. The molecule has 2 amide bonds. The molecule has 0 spiro atoms. The summed E-state index contributed by atoms with van der Waals surface area (Å²) in [6.07, 6.45) is 1.54. The minimum atomic E-state index is -0.556. The van der Waals surface area contributed by atoms with Crippen LogP contribution in [0, 0.1) is 11.7 Å². The second-order valence-corrected chi connectivity index (χ2v) is 10.9. The van der Waals surface area contributed by atoms with Crippen molar-refractivity contribution >= 4 is 34.7 Å². The topological polar surface area (TPSA) is 82.5 Å². The fraction of sp³-hybridized carbons (Fsp3) is 0.500. The van der Waals surface area contributed by atoms with Gasteiger partial charge in [-0.05, 0) is 63.6 Å². The standard InChI is InChI=1S/C28H35FN4O4S/c1-6-37-27(36)20-8-7-13-32(15-20)23(34)14-22-16-38-28-30-18(4)24(26(35)31(5)17(2)3)25(33(22)28)19-9-11-21(29)12-10-19/h9-12,16-17,20,25H,6-8,13-15H2,1-5H3. The first-order chi connectivity index (χ1) is 18.1. The van der Waals surface area contributed by atoms with E-state index in [1.807, 2.05) is 31.1 Å². The molecule has 3 heterocycles. The molecule has 1 saturated heterocycles. The molecular weight excluding hydrogens is 507 g/mol. The molecule has 0 radical (unpaired) electrons. The van der Waals surface area contributed by atoms with Crippen molar-refractivity contribution < 1.29 is 23.5 Å². The smallest absolute Gasteiger partial charge is 0.310 e. The Balaban J connectivity index is 1.63. The van der Waals surface area contributed by atoms with Gasteiger partial charge >= 0.3 is 5.97 Å². The minimum absolute atomic E-state index is 0.0296. The van der Waals surface area contributed by atoms with Crippen LogP contribution in [0.25, 0.3) is 0 Å². The van der Waals surface area contributed by atoms with Gasteiger partial charge in [-0.25, -0.2) is 9.38 Å². The van der Waals surface area contributed by atoms with Crippen LogP contribution in [0.3, 0.4) is 0 Å². The zero-order chi connectivity index (χ0) is 27.6. The van der Waals surface area contributed by atoms with Gasteiger partial charge < -0.3 is 19.4 Å². The van der Waals surface area contributed by atoms with E-state index in [1.54, 1.807) is 35.9 Å². The number of allylic oxidation sites excluding steroid dienone is 1. The van der Waals surface area contributed by atoms with Gasteiger partial charge in [0.15, 0.2) is 5.17 Å². The van der Waals surface area contributed by atoms with E-state index in [2.05, 4.69) is 0 Å². The molecule has 10 heteroatoms. The lowest BCUT2D eigenvalue weighted by Gasteiger charge is -2.39. The summed E-state index contributed by atoms with van der Waals surface area (Å²) in [6, 6.07) is 5.53. The van der Waals surface area contributed by atoms with Gasteiger partial charge in [0, 0.05) is 31.9 Å².